The smallest absolute Gasteiger partial charge is 0.303 e. The van der Waals surface area contributed by atoms with Gasteiger partial charge in [-0.1, -0.05) is 48.5 Å². The van der Waals surface area contributed by atoms with Crippen LogP contribution in [0.2, 0.25) is 0 Å². The molecule has 0 unspecified atom stereocenters. The van der Waals surface area contributed by atoms with Crippen molar-refractivity contribution in [3.05, 3.63) is 89.5 Å². The van der Waals surface area contributed by atoms with Gasteiger partial charge in [0.2, 0.25) is 0 Å². The maximum Gasteiger partial charge on any atom is 0.303 e. The van der Waals surface area contributed by atoms with Crippen molar-refractivity contribution in [2.75, 3.05) is 6.61 Å². The summed E-state index contributed by atoms with van der Waals surface area (Å²) in [6.45, 7) is 0.501. The SMILES string of the molecule is N=C(COc1ccc(COc2ccc(CCC(=O)O)c(O)c2)cc1)c1ccccc1. The molecule has 3 aromatic rings. The molecular weight excluding hydrogens is 382 g/mol. The van der Waals surface area contributed by atoms with E-state index >= 15 is 0 Å². The molecule has 3 aromatic carbocycles. The number of aliphatic carboxylic acids is 1. The van der Waals surface area contributed by atoms with Crippen LogP contribution in [0, 0.1) is 5.41 Å². The summed E-state index contributed by atoms with van der Waals surface area (Å²) in [5.41, 5.74) is 2.75. The summed E-state index contributed by atoms with van der Waals surface area (Å²) in [5.74, 6) is 0.292. The molecule has 0 aliphatic carbocycles. The molecule has 3 rings (SSSR count). The van der Waals surface area contributed by atoms with E-state index < -0.39 is 5.97 Å². The van der Waals surface area contributed by atoms with Crippen LogP contribution in [0.4, 0.5) is 0 Å². The fourth-order valence-corrected chi connectivity index (χ4v) is 2.81. The van der Waals surface area contributed by atoms with Crippen LogP contribution in [0.3, 0.4) is 0 Å². The van der Waals surface area contributed by atoms with Crippen LogP contribution in [-0.2, 0) is 17.8 Å². The average Bonchev–Trinajstić information content (AvgIpc) is 2.76. The van der Waals surface area contributed by atoms with Gasteiger partial charge in [-0.2, -0.15) is 0 Å². The maximum atomic E-state index is 10.6. The molecule has 0 saturated heterocycles. The number of ether oxygens (including phenoxy) is 2. The van der Waals surface area contributed by atoms with E-state index in [1.807, 2.05) is 54.6 Å². The van der Waals surface area contributed by atoms with Gasteiger partial charge in [0.1, 0.15) is 30.5 Å². The van der Waals surface area contributed by atoms with Crippen LogP contribution < -0.4 is 9.47 Å². The van der Waals surface area contributed by atoms with E-state index in [0.717, 1.165) is 11.1 Å². The Bertz CT molecular complexity index is 1000. The van der Waals surface area contributed by atoms with Crippen molar-refractivity contribution in [2.45, 2.75) is 19.4 Å². The Morgan fingerprint density at radius 1 is 0.900 bits per heavy atom. The predicted octanol–water partition coefficient (Wildman–Crippen LogP) is 4.44. The molecule has 3 N–H and O–H groups in total. The zero-order chi connectivity index (χ0) is 21.3. The monoisotopic (exact) mass is 405 g/mol. The molecule has 0 aliphatic rings. The Morgan fingerprint density at radius 2 is 1.60 bits per heavy atom. The highest BCUT2D eigenvalue weighted by Gasteiger charge is 2.07. The van der Waals surface area contributed by atoms with Gasteiger partial charge in [-0.05, 0) is 41.3 Å². The van der Waals surface area contributed by atoms with Gasteiger partial charge in [-0.3, -0.25) is 4.79 Å². The molecule has 6 nitrogen and oxygen atoms in total. The largest absolute Gasteiger partial charge is 0.508 e. The lowest BCUT2D eigenvalue weighted by atomic mass is 10.1. The number of rotatable bonds is 10. The second-order valence-electron chi connectivity index (χ2n) is 6.75. The van der Waals surface area contributed by atoms with Gasteiger partial charge in [-0.15, -0.1) is 0 Å². The van der Waals surface area contributed by atoms with Crippen molar-refractivity contribution in [3.8, 4) is 17.2 Å². The van der Waals surface area contributed by atoms with E-state index in [-0.39, 0.29) is 25.2 Å². The summed E-state index contributed by atoms with van der Waals surface area (Å²) in [6, 6.07) is 21.7. The van der Waals surface area contributed by atoms with Gasteiger partial charge in [-0.25, -0.2) is 0 Å². The highest BCUT2D eigenvalue weighted by molar-refractivity contribution is 5.99. The number of carboxylic acid groups (broad SMARTS) is 1. The molecule has 0 saturated carbocycles. The maximum absolute atomic E-state index is 10.6. The minimum Gasteiger partial charge on any atom is -0.508 e. The zero-order valence-electron chi connectivity index (χ0n) is 16.4. The molecule has 0 heterocycles. The lowest BCUT2D eigenvalue weighted by molar-refractivity contribution is -0.136. The number of aryl methyl sites for hydroxylation is 1. The molecule has 0 amide bonds. The first-order valence-corrected chi connectivity index (χ1v) is 9.52. The number of hydrogen-bond donors (Lipinski definition) is 3. The number of phenolic OH excluding ortho intramolecular Hbond substituents is 1. The van der Waals surface area contributed by atoms with Gasteiger partial charge in [0, 0.05) is 12.5 Å². The van der Waals surface area contributed by atoms with E-state index in [4.69, 9.17) is 20.0 Å². The minimum absolute atomic E-state index is 0.0263. The van der Waals surface area contributed by atoms with Crippen LogP contribution in [0.15, 0.2) is 72.8 Å². The molecule has 0 aliphatic heterocycles. The van der Waals surface area contributed by atoms with Gasteiger partial charge in [0.05, 0.1) is 5.71 Å². The second kappa shape index (κ2) is 10.1. The lowest BCUT2D eigenvalue weighted by Crippen LogP contribution is -2.11. The van der Waals surface area contributed by atoms with E-state index in [9.17, 15) is 9.90 Å². The Balaban J connectivity index is 1.49. The molecular formula is C24H23NO5. The third-order valence-electron chi connectivity index (χ3n) is 4.50. The molecule has 0 bridgehead atoms. The zero-order valence-corrected chi connectivity index (χ0v) is 16.4. The van der Waals surface area contributed by atoms with Crippen LogP contribution in [-0.4, -0.2) is 28.5 Å². The number of nitrogens with one attached hydrogen (secondary N) is 1. The Morgan fingerprint density at radius 3 is 2.27 bits per heavy atom. The summed E-state index contributed by atoms with van der Waals surface area (Å²) >= 11 is 0. The average molecular weight is 405 g/mol. The molecule has 0 radical (unpaired) electrons. The normalized spacial score (nSPS) is 10.4. The predicted molar refractivity (Wildman–Crippen MR) is 114 cm³/mol. The molecule has 0 aromatic heterocycles. The van der Waals surface area contributed by atoms with Gasteiger partial charge in [0.15, 0.2) is 0 Å². The first-order chi connectivity index (χ1) is 14.5. The molecule has 0 fully saturated rings. The van der Waals surface area contributed by atoms with Crippen molar-refractivity contribution in [1.82, 2.24) is 0 Å². The highest BCUT2D eigenvalue weighted by Crippen LogP contribution is 2.25. The number of aromatic hydroxyl groups is 1. The molecule has 154 valence electrons. The topological polar surface area (TPSA) is 99.8 Å². The van der Waals surface area contributed by atoms with Crippen LogP contribution in [0.25, 0.3) is 0 Å². The first-order valence-electron chi connectivity index (χ1n) is 9.52. The van der Waals surface area contributed by atoms with Crippen molar-refractivity contribution in [2.24, 2.45) is 0 Å². The van der Waals surface area contributed by atoms with Crippen molar-refractivity contribution in [3.63, 3.8) is 0 Å². The second-order valence-corrected chi connectivity index (χ2v) is 6.75. The van der Waals surface area contributed by atoms with Gasteiger partial charge in [0.25, 0.3) is 0 Å². The summed E-state index contributed by atoms with van der Waals surface area (Å²) < 4.78 is 11.4. The summed E-state index contributed by atoms with van der Waals surface area (Å²) in [7, 11) is 0. The highest BCUT2D eigenvalue weighted by atomic mass is 16.5. The fraction of sp³-hybridized carbons (Fsp3) is 0.167. The number of phenols is 1. The standard InChI is InChI=1S/C24H23NO5/c25-22(18-4-2-1-3-5-18)16-30-20-10-6-17(7-11-20)15-29-21-12-8-19(23(26)14-21)9-13-24(27)28/h1-8,10-12,14,25-26H,9,13,15-16H2,(H,27,28). The van der Waals surface area contributed by atoms with Crippen LogP contribution in [0.1, 0.15) is 23.1 Å². The molecule has 0 spiro atoms. The molecule has 6 heteroatoms. The number of carbonyl (C=O) groups is 1. The van der Waals surface area contributed by atoms with Crippen LogP contribution in [0.5, 0.6) is 17.2 Å². The molecule has 30 heavy (non-hydrogen) atoms. The van der Waals surface area contributed by atoms with E-state index in [2.05, 4.69) is 0 Å². The third-order valence-corrected chi connectivity index (χ3v) is 4.50. The lowest BCUT2D eigenvalue weighted by Gasteiger charge is -2.10. The molecule has 0 atom stereocenters. The van der Waals surface area contributed by atoms with Crippen molar-refractivity contribution in [1.29, 1.82) is 5.41 Å². The number of benzene rings is 3. The van der Waals surface area contributed by atoms with Gasteiger partial charge >= 0.3 is 5.97 Å². The number of hydrogen-bond acceptors (Lipinski definition) is 5. The van der Waals surface area contributed by atoms with E-state index in [1.165, 1.54) is 6.07 Å². The van der Waals surface area contributed by atoms with Crippen molar-refractivity contribution >= 4 is 11.7 Å². The fourth-order valence-electron chi connectivity index (χ4n) is 2.81. The Kier molecular flexibility index (Phi) is 7.05. The summed E-state index contributed by atoms with van der Waals surface area (Å²) in [6.07, 6.45) is 0.234. The number of carboxylic acids is 1. The quantitative estimate of drug-likeness (QED) is 0.433. The van der Waals surface area contributed by atoms with E-state index in [1.54, 1.807) is 12.1 Å². The third kappa shape index (κ3) is 6.10. The first kappa shape index (κ1) is 20.9. The Hall–Kier alpha value is -3.80. The van der Waals surface area contributed by atoms with Crippen molar-refractivity contribution < 1.29 is 24.5 Å². The Labute approximate surface area is 174 Å². The summed E-state index contributed by atoms with van der Waals surface area (Å²) in [5, 5.41) is 26.8. The minimum atomic E-state index is -0.904. The summed E-state index contributed by atoms with van der Waals surface area (Å²) in [4.78, 5) is 10.6. The van der Waals surface area contributed by atoms with Gasteiger partial charge < -0.3 is 25.1 Å². The van der Waals surface area contributed by atoms with Crippen LogP contribution >= 0.6 is 0 Å². The van der Waals surface area contributed by atoms with E-state index in [0.29, 0.717) is 29.4 Å².